The molecule has 0 saturated carbocycles. The molecule has 1 aliphatic rings. The molecule has 4 rings (SSSR count). The van der Waals surface area contributed by atoms with Crippen LogP contribution in [-0.4, -0.2) is 53.8 Å². The molecule has 0 radical (unpaired) electrons. The molecule has 0 fully saturated rings. The van der Waals surface area contributed by atoms with E-state index in [1.807, 2.05) is 6.92 Å². The van der Waals surface area contributed by atoms with E-state index < -0.39 is 11.8 Å². The zero-order valence-electron chi connectivity index (χ0n) is 18.8. The monoisotopic (exact) mass is 480 g/mol. The van der Waals surface area contributed by atoms with Crippen LogP contribution in [0, 0.1) is 0 Å². The lowest BCUT2D eigenvalue weighted by Gasteiger charge is -2.12. The molecule has 9 nitrogen and oxygen atoms in total. The number of carbonyl (C=O) groups is 4. The number of benzene rings is 2. The van der Waals surface area contributed by atoms with Crippen molar-refractivity contribution in [3.63, 3.8) is 0 Å². The van der Waals surface area contributed by atoms with E-state index in [4.69, 9.17) is 4.74 Å². The van der Waals surface area contributed by atoms with Crippen molar-refractivity contribution < 1.29 is 23.9 Å². The van der Waals surface area contributed by atoms with Crippen LogP contribution >= 0.6 is 11.3 Å². The minimum Gasteiger partial charge on any atom is -0.385 e. The molecule has 2 heterocycles. The maximum atomic E-state index is 12.8. The van der Waals surface area contributed by atoms with Crippen molar-refractivity contribution in [2.24, 2.45) is 0 Å². The number of aromatic nitrogens is 1. The molecule has 1 aliphatic heterocycles. The predicted molar refractivity (Wildman–Crippen MR) is 129 cm³/mol. The molecule has 4 amide bonds. The zero-order valence-corrected chi connectivity index (χ0v) is 19.7. The fourth-order valence-corrected chi connectivity index (χ4v) is 4.59. The van der Waals surface area contributed by atoms with Crippen molar-refractivity contribution in [3.05, 3.63) is 53.1 Å². The van der Waals surface area contributed by atoms with Gasteiger partial charge in [-0.05, 0) is 49.2 Å². The van der Waals surface area contributed by atoms with Gasteiger partial charge in [-0.1, -0.05) is 18.3 Å². The molecule has 10 heteroatoms. The van der Waals surface area contributed by atoms with Gasteiger partial charge >= 0.3 is 0 Å². The second kappa shape index (κ2) is 10.1. The van der Waals surface area contributed by atoms with Crippen molar-refractivity contribution in [2.75, 3.05) is 30.9 Å². The van der Waals surface area contributed by atoms with Crippen LogP contribution in [0.25, 0.3) is 10.2 Å². The topological polar surface area (TPSA) is 118 Å². The average molecular weight is 481 g/mol. The SMILES string of the molecule is CCCC(=O)Nc1nc2ccc(NC(=O)c3ccc4c(c3)C(=O)N(CCCOC)C4=O)cc2s1. The summed E-state index contributed by atoms with van der Waals surface area (Å²) in [6.07, 6.45) is 1.72. The number of rotatable bonds is 9. The Morgan fingerprint density at radius 2 is 1.85 bits per heavy atom. The third kappa shape index (κ3) is 4.82. The van der Waals surface area contributed by atoms with E-state index >= 15 is 0 Å². The second-order valence-electron chi connectivity index (χ2n) is 7.82. The Balaban J connectivity index is 1.48. The lowest BCUT2D eigenvalue weighted by atomic mass is 10.1. The van der Waals surface area contributed by atoms with Crippen molar-refractivity contribution >= 4 is 56.0 Å². The van der Waals surface area contributed by atoms with Crippen LogP contribution in [0.1, 0.15) is 57.3 Å². The molecule has 0 saturated heterocycles. The fraction of sp³-hybridized carbons (Fsp3) is 0.292. The molecule has 0 unspecified atom stereocenters. The van der Waals surface area contributed by atoms with Crippen molar-refractivity contribution in [1.29, 1.82) is 0 Å². The smallest absolute Gasteiger partial charge is 0.261 e. The van der Waals surface area contributed by atoms with Gasteiger partial charge in [0, 0.05) is 37.9 Å². The number of nitrogens with one attached hydrogen (secondary N) is 2. The van der Waals surface area contributed by atoms with Crippen LogP contribution in [0.4, 0.5) is 10.8 Å². The van der Waals surface area contributed by atoms with Crippen molar-refractivity contribution in [2.45, 2.75) is 26.2 Å². The first-order valence-corrected chi connectivity index (χ1v) is 11.7. The normalized spacial score (nSPS) is 12.8. The minimum absolute atomic E-state index is 0.0861. The Bertz CT molecular complexity index is 1290. The Labute approximate surface area is 200 Å². The molecular formula is C24H24N4O5S. The number of nitrogens with zero attached hydrogens (tertiary/aromatic N) is 2. The summed E-state index contributed by atoms with van der Waals surface area (Å²) in [5.74, 6) is -1.26. The van der Waals surface area contributed by atoms with Gasteiger partial charge in [0.05, 0.1) is 21.3 Å². The molecule has 2 N–H and O–H groups in total. The van der Waals surface area contributed by atoms with E-state index in [0.717, 1.165) is 11.1 Å². The standard InChI is InChI=1S/C24H24N4O5S/c1-3-5-20(29)27-24-26-18-9-7-15(13-19(18)34-24)25-21(30)14-6-8-16-17(12-14)23(32)28(22(16)31)10-4-11-33-2/h6-9,12-13H,3-5,10-11H2,1-2H3,(H,25,30)(H,26,27,29). The average Bonchev–Trinajstić information content (AvgIpc) is 3.32. The number of thiazole rings is 1. The number of fused-ring (bicyclic) bond motifs is 2. The van der Waals surface area contributed by atoms with Crippen LogP contribution in [0.3, 0.4) is 0 Å². The highest BCUT2D eigenvalue weighted by atomic mass is 32.1. The number of hydrogen-bond acceptors (Lipinski definition) is 7. The zero-order chi connectivity index (χ0) is 24.2. The molecule has 34 heavy (non-hydrogen) atoms. The Morgan fingerprint density at radius 1 is 1.06 bits per heavy atom. The Kier molecular flexibility index (Phi) is 6.99. The highest BCUT2D eigenvalue weighted by Crippen LogP contribution is 2.29. The quantitative estimate of drug-likeness (QED) is 0.354. The molecule has 1 aromatic heterocycles. The van der Waals surface area contributed by atoms with Gasteiger partial charge in [0.15, 0.2) is 5.13 Å². The first-order chi connectivity index (χ1) is 16.4. The van der Waals surface area contributed by atoms with Gasteiger partial charge in [-0.3, -0.25) is 24.1 Å². The molecule has 3 aromatic rings. The van der Waals surface area contributed by atoms with Gasteiger partial charge in [0.1, 0.15) is 0 Å². The maximum Gasteiger partial charge on any atom is 0.261 e. The number of imide groups is 1. The predicted octanol–water partition coefficient (Wildman–Crippen LogP) is 3.92. The number of anilines is 2. The summed E-state index contributed by atoms with van der Waals surface area (Å²) in [5, 5.41) is 6.11. The van der Waals surface area contributed by atoms with Gasteiger partial charge in [-0.15, -0.1) is 0 Å². The highest BCUT2D eigenvalue weighted by Gasteiger charge is 2.35. The third-order valence-corrected chi connectivity index (χ3v) is 6.27. The van der Waals surface area contributed by atoms with Crippen LogP contribution in [0.2, 0.25) is 0 Å². The first-order valence-electron chi connectivity index (χ1n) is 10.9. The largest absolute Gasteiger partial charge is 0.385 e. The number of methoxy groups -OCH3 is 1. The minimum atomic E-state index is -0.408. The molecule has 0 spiro atoms. The fourth-order valence-electron chi connectivity index (χ4n) is 3.67. The van der Waals surface area contributed by atoms with Crippen LogP contribution in [0.15, 0.2) is 36.4 Å². The van der Waals surface area contributed by atoms with Gasteiger partial charge in [0.2, 0.25) is 5.91 Å². The molecular weight excluding hydrogens is 456 g/mol. The van der Waals surface area contributed by atoms with Gasteiger partial charge in [-0.25, -0.2) is 4.98 Å². The Hall–Kier alpha value is -3.63. The van der Waals surface area contributed by atoms with E-state index in [9.17, 15) is 19.2 Å². The van der Waals surface area contributed by atoms with E-state index in [1.165, 1.54) is 34.4 Å². The van der Waals surface area contributed by atoms with Crippen LogP contribution in [0.5, 0.6) is 0 Å². The summed E-state index contributed by atoms with van der Waals surface area (Å²) in [6.45, 7) is 2.63. The molecule has 0 bridgehead atoms. The summed E-state index contributed by atoms with van der Waals surface area (Å²) in [5.41, 5.74) is 2.06. The summed E-state index contributed by atoms with van der Waals surface area (Å²) in [7, 11) is 1.56. The van der Waals surface area contributed by atoms with E-state index in [-0.39, 0.29) is 29.5 Å². The Morgan fingerprint density at radius 3 is 2.62 bits per heavy atom. The van der Waals surface area contributed by atoms with Crippen molar-refractivity contribution in [3.8, 4) is 0 Å². The molecule has 0 aliphatic carbocycles. The lowest BCUT2D eigenvalue weighted by Crippen LogP contribution is -2.31. The van der Waals surface area contributed by atoms with E-state index in [2.05, 4.69) is 15.6 Å². The third-order valence-electron chi connectivity index (χ3n) is 5.33. The highest BCUT2D eigenvalue weighted by molar-refractivity contribution is 7.22. The number of hydrogen-bond donors (Lipinski definition) is 2. The molecule has 0 atom stereocenters. The van der Waals surface area contributed by atoms with Gasteiger partial charge in [0.25, 0.3) is 17.7 Å². The van der Waals surface area contributed by atoms with Gasteiger partial charge in [-0.2, -0.15) is 0 Å². The van der Waals surface area contributed by atoms with Crippen molar-refractivity contribution in [1.82, 2.24) is 9.88 Å². The second-order valence-corrected chi connectivity index (χ2v) is 8.85. The van der Waals surface area contributed by atoms with Gasteiger partial charge < -0.3 is 15.4 Å². The number of ether oxygens (including phenoxy) is 1. The maximum absolute atomic E-state index is 12.8. The summed E-state index contributed by atoms with van der Waals surface area (Å²) >= 11 is 1.32. The molecule has 2 aromatic carbocycles. The summed E-state index contributed by atoms with van der Waals surface area (Å²) in [4.78, 5) is 55.5. The van der Waals surface area contributed by atoms with Crippen LogP contribution in [-0.2, 0) is 9.53 Å². The van der Waals surface area contributed by atoms with E-state index in [0.29, 0.717) is 41.3 Å². The number of amides is 4. The number of carbonyl (C=O) groups excluding carboxylic acids is 4. The summed E-state index contributed by atoms with van der Waals surface area (Å²) in [6, 6.07) is 9.76. The summed E-state index contributed by atoms with van der Waals surface area (Å²) < 4.78 is 5.80. The molecule has 176 valence electrons. The first kappa shape index (κ1) is 23.5. The van der Waals surface area contributed by atoms with Crippen LogP contribution < -0.4 is 10.6 Å². The lowest BCUT2D eigenvalue weighted by molar-refractivity contribution is -0.116. The van der Waals surface area contributed by atoms with E-state index in [1.54, 1.807) is 25.3 Å².